The van der Waals surface area contributed by atoms with Crippen molar-refractivity contribution >= 4 is 64.6 Å². The monoisotopic (exact) mass is 1600 g/mol. The van der Waals surface area contributed by atoms with Crippen LogP contribution in [0.15, 0.2) is 244 Å². The summed E-state index contributed by atoms with van der Waals surface area (Å²) in [6.45, 7) is 21.8. The van der Waals surface area contributed by atoms with E-state index in [4.69, 9.17) is 94.7 Å². The Morgan fingerprint density at radius 2 is 0.508 bits per heavy atom. The minimum Gasteiger partial charge on any atom is -0.491 e. The summed E-state index contributed by atoms with van der Waals surface area (Å²) in [5.41, 5.74) is 0. The Kier molecular flexibility index (Phi) is 29.1. The third-order valence-electron chi connectivity index (χ3n) is 20.2. The van der Waals surface area contributed by atoms with E-state index in [1.165, 1.54) is 0 Å². The third kappa shape index (κ3) is 24.5. The third-order valence-corrected chi connectivity index (χ3v) is 20.2. The van der Waals surface area contributed by atoms with E-state index in [-0.39, 0.29) is 62.0 Å². The Hall–Kier alpha value is -11.0. The van der Waals surface area contributed by atoms with Crippen molar-refractivity contribution in [2.45, 2.75) is 88.4 Å². The average Bonchev–Trinajstić information content (AvgIpc) is 1.15. The van der Waals surface area contributed by atoms with Crippen LogP contribution in [0, 0.1) is 0 Å². The van der Waals surface area contributed by atoms with Gasteiger partial charge in [-0.3, -0.25) is 0 Å². The van der Waals surface area contributed by atoms with Gasteiger partial charge in [-0.1, -0.05) is 112 Å². The van der Waals surface area contributed by atoms with Crippen LogP contribution >= 0.6 is 0 Å². The molecule has 4 fully saturated rings. The van der Waals surface area contributed by atoms with Crippen LogP contribution in [0.25, 0.3) is 64.6 Å². The van der Waals surface area contributed by atoms with E-state index in [2.05, 4.69) is 51.3 Å². The maximum absolute atomic E-state index is 6.34. The van der Waals surface area contributed by atoms with Crippen molar-refractivity contribution in [2.75, 3.05) is 132 Å². The molecule has 0 N–H and O–H groups in total. The van der Waals surface area contributed by atoms with Crippen LogP contribution in [0.4, 0.5) is 0 Å². The van der Waals surface area contributed by atoms with Gasteiger partial charge in [0, 0.05) is 34.8 Å². The molecule has 0 spiro atoms. The maximum Gasteiger partial charge on any atom is 0.127 e. The fourth-order valence-electron chi connectivity index (χ4n) is 13.2. The molecule has 118 heavy (non-hydrogen) atoms. The normalized spacial score (nSPS) is 16.7. The van der Waals surface area contributed by atoms with E-state index in [9.17, 15) is 0 Å². The van der Waals surface area contributed by atoms with Crippen molar-refractivity contribution < 1.29 is 94.7 Å². The largest absolute Gasteiger partial charge is 0.491 e. The first-order chi connectivity index (χ1) is 58.2. The number of benzene rings is 12. The lowest BCUT2D eigenvalue weighted by Gasteiger charge is -2.20. The summed E-state index contributed by atoms with van der Waals surface area (Å²) in [7, 11) is 0. The molecule has 4 aliphatic rings. The number of rotatable bonds is 50. The Labute approximate surface area is 689 Å². The fourth-order valence-corrected chi connectivity index (χ4v) is 13.2. The number of hydrogen-bond acceptors (Lipinski definition) is 20. The van der Waals surface area contributed by atoms with Crippen molar-refractivity contribution in [3.8, 4) is 69.0 Å². The van der Waals surface area contributed by atoms with Gasteiger partial charge in [-0.2, -0.15) is 0 Å². The van der Waals surface area contributed by atoms with Crippen molar-refractivity contribution in [2.24, 2.45) is 0 Å². The van der Waals surface area contributed by atoms with Gasteiger partial charge in [-0.25, -0.2) is 0 Å². The lowest BCUT2D eigenvalue weighted by Crippen LogP contribution is -2.29. The van der Waals surface area contributed by atoms with Gasteiger partial charge in [0.1, 0.15) is 197 Å². The van der Waals surface area contributed by atoms with E-state index in [1.54, 1.807) is 12.2 Å². The first-order valence-corrected chi connectivity index (χ1v) is 41.1. The molecule has 0 radical (unpaired) electrons. The molecule has 616 valence electrons. The molecular formula is C98H104O20. The molecule has 4 saturated heterocycles. The molecule has 0 aliphatic carbocycles. The van der Waals surface area contributed by atoms with Gasteiger partial charge < -0.3 is 94.7 Å². The zero-order valence-corrected chi connectivity index (χ0v) is 67.1. The zero-order chi connectivity index (χ0) is 80.5. The molecule has 4 heterocycles. The predicted octanol–water partition coefficient (Wildman–Crippen LogP) is 18.7. The minimum absolute atomic E-state index is 0.193. The van der Waals surface area contributed by atoms with Gasteiger partial charge >= 0.3 is 0 Å². The van der Waals surface area contributed by atoms with Gasteiger partial charge in [-0.15, -0.1) is 13.2 Å². The van der Waals surface area contributed by atoms with Gasteiger partial charge in [-0.05, 0) is 202 Å². The number of ether oxygens (including phenoxy) is 20. The molecule has 0 amide bonds. The van der Waals surface area contributed by atoms with Crippen molar-refractivity contribution in [3.05, 3.63) is 244 Å². The Morgan fingerprint density at radius 1 is 0.280 bits per heavy atom. The summed E-state index contributed by atoms with van der Waals surface area (Å²) in [6.07, 6.45) is 7.06. The van der Waals surface area contributed by atoms with Crippen LogP contribution in [0.1, 0.15) is 39.5 Å². The van der Waals surface area contributed by atoms with Gasteiger partial charge in [0.2, 0.25) is 0 Å². The highest BCUT2D eigenvalue weighted by Crippen LogP contribution is 2.36. The quantitative estimate of drug-likeness (QED) is 0.0198. The van der Waals surface area contributed by atoms with Crippen LogP contribution in [-0.2, 0) is 37.9 Å². The molecule has 12 aromatic carbocycles. The zero-order valence-electron chi connectivity index (χ0n) is 67.1. The highest BCUT2D eigenvalue weighted by atomic mass is 16.6. The van der Waals surface area contributed by atoms with E-state index in [1.807, 2.05) is 194 Å². The topological polar surface area (TPSA) is 198 Å². The standard InChI is InChI=1S/C50H56O10.C48H48O10/c1-3-5-21-51-43(29-55-41-17-19-47-36(23-41)9-7-11-49(47)59-33-45-31-57-45)27-53-39-15-13-35-14-16-40(26-38(35)25-39)54-28-44(52-22-6-4-2)30-56-42-18-20-48-37(24-42)10-8-12-50(48)60-34-46-32-58-46;1-3-19-49-41(27-53-39-15-17-45-34(21-39)7-5-9-47(45)57-31-43-29-55-43)25-51-37-13-11-33-12-14-38(24-36(33)23-37)52-26-42(50-20-4-2)28-54-40-16-18-46-35(22-40)8-6-10-48(46)58-32-44-30-56-44/h7-20,23-26,43-46H,3-6,21-22,27-34H2,1-2H3;3-18,21-24,41-44H,1-2,19-20,25-32H2. The van der Waals surface area contributed by atoms with E-state index in [0.717, 1.165) is 174 Å². The summed E-state index contributed by atoms with van der Waals surface area (Å²) in [4.78, 5) is 0. The smallest absolute Gasteiger partial charge is 0.127 e. The van der Waals surface area contributed by atoms with Crippen LogP contribution < -0.4 is 56.8 Å². The van der Waals surface area contributed by atoms with Gasteiger partial charge in [0.15, 0.2) is 0 Å². The molecule has 0 aromatic heterocycles. The molecular weight excluding hydrogens is 1500 g/mol. The van der Waals surface area contributed by atoms with E-state index < -0.39 is 0 Å². The van der Waals surface area contributed by atoms with Gasteiger partial charge in [0.25, 0.3) is 0 Å². The molecule has 16 rings (SSSR count). The van der Waals surface area contributed by atoms with E-state index >= 15 is 0 Å². The number of hydrogen-bond donors (Lipinski definition) is 0. The number of fused-ring (bicyclic) bond motifs is 6. The fraction of sp³-hybridized carbons (Fsp3) is 0.347. The summed E-state index contributed by atoms with van der Waals surface area (Å²) < 4.78 is 120. The second-order valence-corrected chi connectivity index (χ2v) is 29.6. The van der Waals surface area contributed by atoms with Crippen LogP contribution in [0.2, 0.25) is 0 Å². The summed E-state index contributed by atoms with van der Waals surface area (Å²) in [5, 5.41) is 12.4. The molecule has 12 aromatic rings. The summed E-state index contributed by atoms with van der Waals surface area (Å²) in [5.74, 6) is 9.28. The average molecular weight is 1600 g/mol. The summed E-state index contributed by atoms with van der Waals surface area (Å²) in [6, 6.07) is 72.3. The van der Waals surface area contributed by atoms with Crippen LogP contribution in [0.3, 0.4) is 0 Å². The molecule has 0 bridgehead atoms. The summed E-state index contributed by atoms with van der Waals surface area (Å²) >= 11 is 0. The molecule has 8 atom stereocenters. The maximum atomic E-state index is 6.34. The number of epoxide rings is 4. The highest BCUT2D eigenvalue weighted by Gasteiger charge is 2.27. The Morgan fingerprint density at radius 3 is 0.737 bits per heavy atom. The van der Waals surface area contributed by atoms with Crippen LogP contribution in [0.5, 0.6) is 69.0 Å². The second kappa shape index (κ2) is 41.9. The van der Waals surface area contributed by atoms with E-state index in [0.29, 0.717) is 104 Å². The van der Waals surface area contributed by atoms with Crippen molar-refractivity contribution in [1.82, 2.24) is 0 Å². The minimum atomic E-state index is -0.337. The molecule has 8 unspecified atom stereocenters. The lowest BCUT2D eigenvalue weighted by atomic mass is 10.1. The Bertz CT molecular complexity index is 4940. The lowest BCUT2D eigenvalue weighted by molar-refractivity contribution is -0.00838. The van der Waals surface area contributed by atoms with Crippen molar-refractivity contribution in [1.29, 1.82) is 0 Å². The SMILES string of the molecule is C=CCOC(COc1ccc2ccc(OCC(COc3ccc4c(OCC5CO5)cccc4c3)OCC=C)cc2c1)COc1ccc2c(OCC3CO3)cccc2c1.CCCCOC(COc1ccc2ccc(OCC(COc3ccc4c(OCC5CO5)cccc4c3)OCCCC)cc2c1)COc1ccc2c(OCC3CO3)cccc2c1. The van der Waals surface area contributed by atoms with Crippen LogP contribution in [-0.4, -0.2) is 181 Å². The second-order valence-electron chi connectivity index (χ2n) is 29.6. The first-order valence-electron chi connectivity index (χ1n) is 41.1. The molecule has 0 saturated carbocycles. The first kappa shape index (κ1) is 82.1. The van der Waals surface area contributed by atoms with Gasteiger partial charge in [0.05, 0.1) is 39.6 Å². The van der Waals surface area contributed by atoms with Crippen molar-refractivity contribution in [3.63, 3.8) is 0 Å². The Balaban J connectivity index is 0.000000185. The number of unbranched alkanes of at least 4 members (excludes halogenated alkanes) is 2. The highest BCUT2D eigenvalue weighted by molar-refractivity contribution is 5.92. The molecule has 4 aliphatic heterocycles. The molecule has 20 nitrogen and oxygen atoms in total. The molecule has 20 heteroatoms. The predicted molar refractivity (Wildman–Crippen MR) is 458 cm³/mol.